The predicted octanol–water partition coefficient (Wildman–Crippen LogP) is 2.90. The Bertz CT molecular complexity index is 1290. The van der Waals surface area contributed by atoms with Crippen molar-refractivity contribution < 1.29 is 26.7 Å². The van der Waals surface area contributed by atoms with Gasteiger partial charge in [-0.1, -0.05) is 17.4 Å². The lowest BCUT2D eigenvalue weighted by atomic mass is 10.1. The van der Waals surface area contributed by atoms with E-state index in [1.54, 1.807) is 0 Å². The smallest absolute Gasteiger partial charge is 0.244 e. The number of sulfonamides is 1. The third-order valence-corrected chi connectivity index (χ3v) is 8.27. The lowest BCUT2D eigenvalue weighted by molar-refractivity contribution is 0.103. The molecular formula is C21H21F2N5O4S2. The van der Waals surface area contributed by atoms with Gasteiger partial charge in [-0.25, -0.2) is 27.2 Å². The fraction of sp³-hybridized carbons (Fsp3) is 0.286. The molecule has 0 amide bonds. The fourth-order valence-electron chi connectivity index (χ4n) is 3.59. The van der Waals surface area contributed by atoms with E-state index in [2.05, 4.69) is 15.3 Å². The monoisotopic (exact) mass is 509 g/mol. The van der Waals surface area contributed by atoms with Crippen LogP contribution in [0.15, 0.2) is 41.4 Å². The first-order valence-electron chi connectivity index (χ1n) is 10.2. The van der Waals surface area contributed by atoms with Crippen LogP contribution >= 0.6 is 11.3 Å². The molecule has 1 fully saturated rings. The third kappa shape index (κ3) is 4.72. The summed E-state index contributed by atoms with van der Waals surface area (Å²) in [5, 5.41) is 3.46. The van der Waals surface area contributed by atoms with Gasteiger partial charge < -0.3 is 15.8 Å². The van der Waals surface area contributed by atoms with Gasteiger partial charge in [0.2, 0.25) is 21.7 Å². The Hall–Kier alpha value is -3.16. The number of benzene rings is 1. The number of nitrogens with zero attached hydrogens (tertiary/aromatic N) is 3. The van der Waals surface area contributed by atoms with Crippen LogP contribution in [0, 0.1) is 11.6 Å². The molecule has 0 atom stereocenters. The molecule has 0 unspecified atom stereocenters. The van der Waals surface area contributed by atoms with Crippen molar-refractivity contribution in [1.29, 1.82) is 0 Å². The molecule has 1 aliphatic heterocycles. The van der Waals surface area contributed by atoms with Gasteiger partial charge in [-0.3, -0.25) is 4.79 Å². The van der Waals surface area contributed by atoms with Crippen molar-refractivity contribution in [3.63, 3.8) is 0 Å². The number of hydrogen-bond acceptors (Lipinski definition) is 9. The summed E-state index contributed by atoms with van der Waals surface area (Å²) in [5.74, 6) is -2.65. The summed E-state index contributed by atoms with van der Waals surface area (Å²) in [4.78, 5) is 20.7. The maximum atomic E-state index is 14.0. The van der Waals surface area contributed by atoms with E-state index in [4.69, 9.17) is 10.5 Å². The molecule has 3 heterocycles. The molecule has 0 spiro atoms. The van der Waals surface area contributed by atoms with Crippen LogP contribution < -0.4 is 15.8 Å². The van der Waals surface area contributed by atoms with E-state index >= 15 is 0 Å². The predicted molar refractivity (Wildman–Crippen MR) is 123 cm³/mol. The van der Waals surface area contributed by atoms with Gasteiger partial charge in [0.05, 0.1) is 18.9 Å². The zero-order valence-electron chi connectivity index (χ0n) is 18.0. The Kier molecular flexibility index (Phi) is 6.77. The van der Waals surface area contributed by atoms with E-state index in [0.29, 0.717) is 23.9 Å². The number of ether oxygens (including phenoxy) is 1. The maximum Gasteiger partial charge on any atom is 0.244 e. The van der Waals surface area contributed by atoms with E-state index in [1.807, 2.05) is 0 Å². The normalized spacial score (nSPS) is 15.3. The van der Waals surface area contributed by atoms with Crippen molar-refractivity contribution in [2.24, 2.45) is 0 Å². The first-order chi connectivity index (χ1) is 16.2. The number of ketones is 1. The molecule has 180 valence electrons. The Morgan fingerprint density at radius 2 is 1.88 bits per heavy atom. The van der Waals surface area contributed by atoms with Gasteiger partial charge in [-0.15, -0.1) is 0 Å². The van der Waals surface area contributed by atoms with Crippen LogP contribution in [0.5, 0.6) is 5.88 Å². The van der Waals surface area contributed by atoms with Crippen molar-refractivity contribution >= 4 is 38.1 Å². The SMILES string of the molecule is COc1ccc(S(=O)(=O)N2CCC(Nc3nc(N)c(C(=O)c4c(F)cccc4F)s3)CC2)cn1. The van der Waals surface area contributed by atoms with Gasteiger partial charge in [0.1, 0.15) is 27.2 Å². The highest BCUT2D eigenvalue weighted by molar-refractivity contribution is 7.89. The number of carbonyl (C=O) groups excluding carboxylic acids is 1. The van der Waals surface area contributed by atoms with Crippen molar-refractivity contribution in [2.45, 2.75) is 23.8 Å². The summed E-state index contributed by atoms with van der Waals surface area (Å²) in [6, 6.07) is 5.97. The molecule has 9 nitrogen and oxygen atoms in total. The van der Waals surface area contributed by atoms with Crippen molar-refractivity contribution in [3.8, 4) is 5.88 Å². The summed E-state index contributed by atoms with van der Waals surface area (Å²) < 4.78 is 60.1. The van der Waals surface area contributed by atoms with Crippen LogP contribution in [0.25, 0.3) is 0 Å². The summed E-state index contributed by atoms with van der Waals surface area (Å²) in [6.45, 7) is 0.526. The molecule has 0 radical (unpaired) electrons. The van der Waals surface area contributed by atoms with Crippen molar-refractivity contribution in [1.82, 2.24) is 14.3 Å². The lowest BCUT2D eigenvalue weighted by Gasteiger charge is -2.31. The minimum absolute atomic E-state index is 0.0708. The zero-order chi connectivity index (χ0) is 24.5. The zero-order valence-corrected chi connectivity index (χ0v) is 19.6. The number of piperidine rings is 1. The second kappa shape index (κ2) is 9.60. The Balaban J connectivity index is 1.41. The molecular weight excluding hydrogens is 488 g/mol. The molecule has 2 aromatic heterocycles. The maximum absolute atomic E-state index is 14.0. The van der Waals surface area contributed by atoms with Crippen LogP contribution in [0.4, 0.5) is 19.7 Å². The number of nitrogens with one attached hydrogen (secondary N) is 1. The van der Waals surface area contributed by atoms with E-state index in [9.17, 15) is 22.0 Å². The van der Waals surface area contributed by atoms with E-state index in [-0.39, 0.29) is 34.7 Å². The first-order valence-corrected chi connectivity index (χ1v) is 12.5. The number of thiazole rings is 1. The molecule has 13 heteroatoms. The van der Waals surface area contributed by atoms with Gasteiger partial charge in [0, 0.05) is 25.2 Å². The van der Waals surface area contributed by atoms with E-state index in [1.165, 1.54) is 35.8 Å². The van der Waals surface area contributed by atoms with E-state index < -0.39 is 33.0 Å². The van der Waals surface area contributed by atoms with E-state index in [0.717, 1.165) is 23.5 Å². The van der Waals surface area contributed by atoms with Crippen LogP contribution in [0.1, 0.15) is 28.1 Å². The summed E-state index contributed by atoms with van der Waals surface area (Å²) in [7, 11) is -2.25. The number of rotatable bonds is 7. The minimum Gasteiger partial charge on any atom is -0.481 e. The minimum atomic E-state index is -3.70. The molecule has 1 aromatic carbocycles. The highest BCUT2D eigenvalue weighted by atomic mass is 32.2. The van der Waals surface area contributed by atoms with Crippen LogP contribution in [0.3, 0.4) is 0 Å². The average molecular weight is 510 g/mol. The number of hydrogen-bond donors (Lipinski definition) is 2. The quantitative estimate of drug-likeness (QED) is 0.466. The molecule has 0 aliphatic carbocycles. The summed E-state index contributed by atoms with van der Waals surface area (Å²) >= 11 is 0.898. The molecule has 34 heavy (non-hydrogen) atoms. The van der Waals surface area contributed by atoms with Gasteiger partial charge in [0.25, 0.3) is 0 Å². The summed E-state index contributed by atoms with van der Waals surface area (Å²) in [5.41, 5.74) is 5.16. The largest absolute Gasteiger partial charge is 0.481 e. The fourth-order valence-corrected chi connectivity index (χ4v) is 5.91. The summed E-state index contributed by atoms with van der Waals surface area (Å²) in [6.07, 6.45) is 2.22. The highest BCUT2D eigenvalue weighted by Crippen LogP contribution is 2.31. The van der Waals surface area contributed by atoms with Gasteiger partial charge >= 0.3 is 0 Å². The first kappa shape index (κ1) is 24.0. The number of pyridine rings is 1. The number of halogens is 2. The number of aromatic nitrogens is 2. The molecule has 3 N–H and O–H groups in total. The van der Waals surface area contributed by atoms with Gasteiger partial charge in [-0.05, 0) is 31.0 Å². The van der Waals surface area contributed by atoms with Crippen LogP contribution in [-0.2, 0) is 10.0 Å². The number of carbonyl (C=O) groups is 1. The van der Waals surface area contributed by atoms with Gasteiger partial charge in [-0.2, -0.15) is 4.31 Å². The van der Waals surface area contributed by atoms with Crippen LogP contribution in [-0.4, -0.2) is 54.7 Å². The Morgan fingerprint density at radius 1 is 1.21 bits per heavy atom. The average Bonchev–Trinajstić information content (AvgIpc) is 3.19. The highest BCUT2D eigenvalue weighted by Gasteiger charge is 2.31. The second-order valence-electron chi connectivity index (χ2n) is 7.52. The number of methoxy groups -OCH3 is 1. The lowest BCUT2D eigenvalue weighted by Crippen LogP contribution is -2.42. The third-order valence-electron chi connectivity index (χ3n) is 5.39. The Morgan fingerprint density at radius 3 is 2.47 bits per heavy atom. The number of nitrogens with two attached hydrogens (primary N) is 1. The molecule has 0 bridgehead atoms. The molecule has 0 saturated carbocycles. The van der Waals surface area contributed by atoms with Gasteiger partial charge in [0.15, 0.2) is 5.13 Å². The van der Waals surface area contributed by atoms with Crippen molar-refractivity contribution in [2.75, 3.05) is 31.2 Å². The molecule has 3 aromatic rings. The molecule has 1 saturated heterocycles. The van der Waals surface area contributed by atoms with Crippen molar-refractivity contribution in [3.05, 3.63) is 58.6 Å². The molecule has 1 aliphatic rings. The number of anilines is 2. The van der Waals surface area contributed by atoms with Crippen LogP contribution in [0.2, 0.25) is 0 Å². The molecule has 4 rings (SSSR count). The number of nitrogen functional groups attached to an aromatic ring is 1. The Labute approximate surface area is 198 Å². The standard InChI is InChI=1S/C21H21F2N5O4S2/c1-32-16-6-5-13(11-25-16)34(30,31)28-9-7-12(8-10-28)26-21-27-20(24)19(33-21)18(29)17-14(22)3-2-4-15(17)23/h2-6,11-12H,7-10,24H2,1H3,(H,26,27). The topological polar surface area (TPSA) is 128 Å². The second-order valence-corrected chi connectivity index (χ2v) is 10.5.